The van der Waals surface area contributed by atoms with Gasteiger partial charge in [-0.2, -0.15) is 0 Å². The van der Waals surface area contributed by atoms with Crippen LogP contribution in [0.3, 0.4) is 0 Å². The molecule has 0 bridgehead atoms. The second-order valence-corrected chi connectivity index (χ2v) is 9.69. The summed E-state index contributed by atoms with van der Waals surface area (Å²) in [6.45, 7) is 2.45. The Hall–Kier alpha value is -3.07. The number of thioether (sulfide) groups is 1. The molecule has 0 radical (unpaired) electrons. The lowest BCUT2D eigenvalue weighted by molar-refractivity contribution is -0.113. The van der Waals surface area contributed by atoms with Gasteiger partial charge in [0.25, 0.3) is 5.91 Å². The number of ether oxygens (including phenoxy) is 2. The number of hydrogen-bond donors (Lipinski definition) is 0. The van der Waals surface area contributed by atoms with Gasteiger partial charge in [-0.05, 0) is 48.9 Å². The summed E-state index contributed by atoms with van der Waals surface area (Å²) in [6.07, 6.45) is 3.46. The van der Waals surface area contributed by atoms with E-state index in [0.717, 1.165) is 18.4 Å². The summed E-state index contributed by atoms with van der Waals surface area (Å²) in [6, 6.07) is 15.7. The molecule has 1 aromatic heterocycles. The van der Waals surface area contributed by atoms with Crippen molar-refractivity contribution in [3.63, 3.8) is 0 Å². The molecule has 2 aromatic carbocycles. The fraction of sp³-hybridized carbons (Fsp3) is 0.192. The van der Waals surface area contributed by atoms with Crippen LogP contribution in [-0.2, 0) is 9.53 Å². The van der Waals surface area contributed by atoms with Crippen LogP contribution >= 0.6 is 35.6 Å². The summed E-state index contributed by atoms with van der Waals surface area (Å²) in [4.78, 5) is 27.0. The average molecular weight is 528 g/mol. The van der Waals surface area contributed by atoms with Gasteiger partial charge in [-0.25, -0.2) is 4.79 Å². The van der Waals surface area contributed by atoms with Crippen LogP contribution in [0.15, 0.2) is 63.9 Å². The van der Waals surface area contributed by atoms with Crippen LogP contribution in [0.4, 0.5) is 5.69 Å². The third kappa shape index (κ3) is 5.61. The molecule has 0 N–H and O–H groups in total. The lowest BCUT2D eigenvalue weighted by Gasteiger charge is -2.15. The summed E-state index contributed by atoms with van der Waals surface area (Å²) in [5.74, 6) is 1.03. The van der Waals surface area contributed by atoms with Gasteiger partial charge >= 0.3 is 5.97 Å². The van der Waals surface area contributed by atoms with Crippen molar-refractivity contribution in [3.05, 3.63) is 75.8 Å². The Balaban J connectivity index is 1.48. The topological polar surface area (TPSA) is 69.0 Å². The molecular formula is C26H22ClNO5S2. The summed E-state index contributed by atoms with van der Waals surface area (Å²) in [5.41, 5.74) is 1.85. The van der Waals surface area contributed by atoms with E-state index < -0.39 is 0 Å². The van der Waals surface area contributed by atoms with Gasteiger partial charge in [-0.3, -0.25) is 9.69 Å². The largest absolute Gasteiger partial charge is 0.495 e. The lowest BCUT2D eigenvalue weighted by Crippen LogP contribution is -2.27. The zero-order valence-corrected chi connectivity index (χ0v) is 21.5. The fourth-order valence-corrected chi connectivity index (χ4v) is 4.89. The number of esters is 1. The minimum atomic E-state index is -0.342. The van der Waals surface area contributed by atoms with E-state index in [0.29, 0.717) is 49.4 Å². The van der Waals surface area contributed by atoms with Crippen LogP contribution in [-0.4, -0.2) is 29.9 Å². The van der Waals surface area contributed by atoms with Gasteiger partial charge in [-0.1, -0.05) is 61.1 Å². The summed E-state index contributed by atoms with van der Waals surface area (Å²) in [5, 5.41) is 0.388. The first-order valence-corrected chi connectivity index (χ1v) is 12.5. The van der Waals surface area contributed by atoms with Gasteiger partial charge in [-0.15, -0.1) is 0 Å². The van der Waals surface area contributed by atoms with E-state index >= 15 is 0 Å². The Morgan fingerprint density at radius 2 is 1.94 bits per heavy atom. The molecule has 0 spiro atoms. The molecule has 1 amide bonds. The highest BCUT2D eigenvalue weighted by atomic mass is 35.5. The molecule has 1 saturated heterocycles. The maximum Gasteiger partial charge on any atom is 0.338 e. The highest BCUT2D eigenvalue weighted by molar-refractivity contribution is 8.27. The third-order valence-corrected chi connectivity index (χ3v) is 6.82. The van der Waals surface area contributed by atoms with Gasteiger partial charge in [0.1, 0.15) is 17.3 Å². The number of carbonyl (C=O) groups excluding carboxylic acids is 2. The minimum Gasteiger partial charge on any atom is -0.495 e. The number of benzene rings is 2. The zero-order valence-electron chi connectivity index (χ0n) is 19.1. The SMILES string of the molecule is CCCCOC(=O)c1ccc(-c2ccc(/C=C3/SC(=S)N(c4ccc(OC)c(Cl)c4)C3=O)o2)cc1. The molecule has 0 atom stereocenters. The van der Waals surface area contributed by atoms with E-state index in [4.69, 9.17) is 37.7 Å². The molecule has 6 nitrogen and oxygen atoms in total. The molecule has 1 aliphatic rings. The van der Waals surface area contributed by atoms with Crippen molar-refractivity contribution >= 4 is 63.5 Å². The standard InChI is InChI=1S/C26H22ClNO5S2/c1-3-4-13-32-25(30)17-7-5-16(6-8-17)21-12-10-19(33-21)15-23-24(29)28(26(34)35-23)18-9-11-22(31-2)20(27)14-18/h5-12,14-15H,3-4,13H2,1-2H3/b23-15+. The quantitative estimate of drug-likeness (QED) is 0.135. The van der Waals surface area contributed by atoms with Gasteiger partial charge in [0, 0.05) is 11.6 Å². The number of nitrogens with zero attached hydrogens (tertiary/aromatic N) is 1. The van der Waals surface area contributed by atoms with E-state index in [9.17, 15) is 9.59 Å². The zero-order chi connectivity index (χ0) is 24.9. The monoisotopic (exact) mass is 527 g/mol. The molecule has 3 aromatic rings. The number of hydrogen-bond acceptors (Lipinski definition) is 7. The van der Waals surface area contributed by atoms with E-state index in [1.54, 1.807) is 54.6 Å². The van der Waals surface area contributed by atoms with Crippen LogP contribution in [0.25, 0.3) is 17.4 Å². The van der Waals surface area contributed by atoms with Crippen molar-refractivity contribution in [2.75, 3.05) is 18.6 Å². The lowest BCUT2D eigenvalue weighted by atomic mass is 10.1. The normalized spacial score (nSPS) is 14.6. The van der Waals surface area contributed by atoms with Crippen molar-refractivity contribution in [1.29, 1.82) is 0 Å². The van der Waals surface area contributed by atoms with Crippen molar-refractivity contribution < 1.29 is 23.5 Å². The van der Waals surface area contributed by atoms with Crippen molar-refractivity contribution in [3.8, 4) is 17.1 Å². The van der Waals surface area contributed by atoms with E-state index in [-0.39, 0.29) is 11.9 Å². The van der Waals surface area contributed by atoms with Gasteiger partial charge in [0.05, 0.1) is 34.9 Å². The van der Waals surface area contributed by atoms with Crippen LogP contribution in [0, 0.1) is 0 Å². The number of halogens is 1. The van der Waals surface area contributed by atoms with E-state index in [1.807, 2.05) is 13.0 Å². The molecule has 180 valence electrons. The predicted molar refractivity (Wildman–Crippen MR) is 143 cm³/mol. The fourth-order valence-electron chi connectivity index (χ4n) is 3.36. The first-order chi connectivity index (χ1) is 16.9. The van der Waals surface area contributed by atoms with Gasteiger partial charge < -0.3 is 13.9 Å². The second kappa shape index (κ2) is 11.1. The van der Waals surface area contributed by atoms with Crippen molar-refractivity contribution in [2.45, 2.75) is 19.8 Å². The summed E-state index contributed by atoms with van der Waals surface area (Å²) in [7, 11) is 1.53. The van der Waals surface area contributed by atoms with E-state index in [2.05, 4.69) is 0 Å². The van der Waals surface area contributed by atoms with Crippen molar-refractivity contribution in [2.24, 2.45) is 0 Å². The summed E-state index contributed by atoms with van der Waals surface area (Å²) < 4.78 is 16.7. The number of furan rings is 1. The number of methoxy groups -OCH3 is 1. The number of thiocarbonyl (C=S) groups is 1. The number of unbranched alkanes of at least 4 members (excludes halogenated alkanes) is 1. The highest BCUT2D eigenvalue weighted by Gasteiger charge is 2.34. The van der Waals surface area contributed by atoms with Crippen LogP contribution in [0.2, 0.25) is 5.02 Å². The van der Waals surface area contributed by atoms with Gasteiger partial charge in [0.2, 0.25) is 0 Å². The van der Waals surface area contributed by atoms with Crippen LogP contribution in [0.1, 0.15) is 35.9 Å². The molecule has 0 saturated carbocycles. The second-order valence-electron chi connectivity index (χ2n) is 7.60. The van der Waals surface area contributed by atoms with E-state index in [1.165, 1.54) is 23.8 Å². The number of rotatable bonds is 8. The first-order valence-electron chi connectivity index (χ1n) is 10.9. The Morgan fingerprint density at radius 3 is 2.63 bits per heavy atom. The molecule has 9 heteroatoms. The molecule has 2 heterocycles. The number of carbonyl (C=O) groups is 2. The summed E-state index contributed by atoms with van der Waals surface area (Å²) >= 11 is 12.8. The van der Waals surface area contributed by atoms with Crippen LogP contribution in [0.5, 0.6) is 5.75 Å². The predicted octanol–water partition coefficient (Wildman–Crippen LogP) is 6.97. The Morgan fingerprint density at radius 1 is 1.17 bits per heavy atom. The maximum atomic E-state index is 13.0. The molecule has 35 heavy (non-hydrogen) atoms. The smallest absolute Gasteiger partial charge is 0.338 e. The van der Waals surface area contributed by atoms with Crippen molar-refractivity contribution in [1.82, 2.24) is 0 Å². The first kappa shape index (κ1) is 25.0. The molecule has 0 unspecified atom stereocenters. The minimum absolute atomic E-state index is 0.259. The Labute approximate surface area is 217 Å². The number of anilines is 1. The highest BCUT2D eigenvalue weighted by Crippen LogP contribution is 2.39. The van der Waals surface area contributed by atoms with Crippen LogP contribution < -0.4 is 9.64 Å². The Bertz CT molecular complexity index is 1300. The molecule has 4 rings (SSSR count). The number of amides is 1. The Kier molecular flexibility index (Phi) is 7.95. The molecular weight excluding hydrogens is 506 g/mol. The molecule has 1 fully saturated rings. The van der Waals surface area contributed by atoms with Gasteiger partial charge in [0.15, 0.2) is 4.32 Å². The third-order valence-electron chi connectivity index (χ3n) is 5.22. The molecule has 0 aliphatic carbocycles. The maximum absolute atomic E-state index is 13.0. The average Bonchev–Trinajstić information content (AvgIpc) is 3.43. The molecule has 1 aliphatic heterocycles.